The minimum absolute atomic E-state index is 0.0403. The van der Waals surface area contributed by atoms with Gasteiger partial charge >= 0.3 is 11.9 Å². The van der Waals surface area contributed by atoms with E-state index in [0.29, 0.717) is 0 Å². The Morgan fingerprint density at radius 3 is 1.75 bits per heavy atom. The Morgan fingerprint density at radius 1 is 0.812 bits per heavy atom. The quantitative estimate of drug-likeness (QED) is 0.127. The van der Waals surface area contributed by atoms with E-state index in [1.807, 2.05) is 0 Å². The molecule has 10 N–H and O–H groups in total. The molecular weight excluding hydrogens is 430 g/mol. The molecule has 14 heteroatoms. The van der Waals surface area contributed by atoms with Crippen molar-refractivity contribution in [2.24, 2.45) is 17.4 Å². The van der Waals surface area contributed by atoms with E-state index in [0.717, 1.165) is 0 Å². The van der Waals surface area contributed by atoms with Gasteiger partial charge in [0, 0.05) is 0 Å². The zero-order valence-corrected chi connectivity index (χ0v) is 18.0. The van der Waals surface area contributed by atoms with E-state index >= 15 is 0 Å². The van der Waals surface area contributed by atoms with Gasteiger partial charge in [0.25, 0.3) is 0 Å². The molecular formula is C18H31N5O9. The summed E-state index contributed by atoms with van der Waals surface area (Å²) in [6.45, 7) is 4.62. The normalized spacial score (nSPS) is 15.6. The third kappa shape index (κ3) is 10.7. The van der Waals surface area contributed by atoms with E-state index < -0.39 is 78.7 Å². The number of aliphatic hydroxyl groups excluding tert-OH is 1. The van der Waals surface area contributed by atoms with Crippen molar-refractivity contribution in [3.8, 4) is 0 Å². The van der Waals surface area contributed by atoms with Gasteiger partial charge in [-0.05, 0) is 19.3 Å². The number of primary amides is 1. The van der Waals surface area contributed by atoms with Gasteiger partial charge in [-0.2, -0.15) is 0 Å². The van der Waals surface area contributed by atoms with Crippen molar-refractivity contribution in [3.05, 3.63) is 0 Å². The Hall–Kier alpha value is -3.26. The summed E-state index contributed by atoms with van der Waals surface area (Å²) in [6, 6.07) is -5.96. The van der Waals surface area contributed by atoms with Crippen LogP contribution in [0.3, 0.4) is 0 Å². The number of carboxylic acids is 2. The molecule has 0 bridgehead atoms. The predicted octanol–water partition coefficient (Wildman–Crippen LogP) is -3.37. The highest BCUT2D eigenvalue weighted by atomic mass is 16.4. The van der Waals surface area contributed by atoms with Gasteiger partial charge in [0.05, 0.1) is 25.0 Å². The summed E-state index contributed by atoms with van der Waals surface area (Å²) in [5.74, 6) is -6.92. The molecule has 0 spiro atoms. The van der Waals surface area contributed by atoms with Gasteiger partial charge in [-0.3, -0.25) is 24.0 Å². The summed E-state index contributed by atoms with van der Waals surface area (Å²) in [6.07, 6.45) is -2.77. The molecule has 0 aliphatic carbocycles. The second-order valence-electron chi connectivity index (χ2n) is 7.69. The van der Waals surface area contributed by atoms with Crippen LogP contribution in [0.4, 0.5) is 0 Å². The first-order chi connectivity index (χ1) is 14.6. The third-order valence-electron chi connectivity index (χ3n) is 4.15. The number of amides is 4. The number of nitrogens with two attached hydrogens (primary N) is 2. The van der Waals surface area contributed by atoms with Crippen molar-refractivity contribution in [1.82, 2.24) is 16.0 Å². The zero-order chi connectivity index (χ0) is 25.2. The van der Waals surface area contributed by atoms with Crippen molar-refractivity contribution < 1.29 is 44.1 Å². The molecule has 182 valence electrons. The highest BCUT2D eigenvalue weighted by molar-refractivity contribution is 5.95. The fourth-order valence-corrected chi connectivity index (χ4v) is 2.59. The van der Waals surface area contributed by atoms with Gasteiger partial charge in [-0.25, -0.2) is 4.79 Å². The lowest BCUT2D eigenvalue weighted by Gasteiger charge is -2.27. The number of hydrogen-bond donors (Lipinski definition) is 8. The van der Waals surface area contributed by atoms with E-state index in [4.69, 9.17) is 21.7 Å². The standard InChI is InChI=1S/C18H31N5O9/c1-7(2)4-10(16(29)22-11(18(31)32)6-13(26)27)21-17(30)14(8(3)24)23-15(28)9(19)5-12(20)25/h7-11,14,24H,4-6,19H2,1-3H3,(H2,20,25)(H,21,30)(H,22,29)(H,23,28)(H,26,27)(H,31,32). The number of aliphatic hydroxyl groups is 1. The van der Waals surface area contributed by atoms with Crippen molar-refractivity contribution in [2.45, 2.75) is 70.3 Å². The van der Waals surface area contributed by atoms with Crippen LogP contribution < -0.4 is 27.4 Å². The summed E-state index contributed by atoms with van der Waals surface area (Å²) in [5, 5.41) is 34.3. The molecule has 0 heterocycles. The van der Waals surface area contributed by atoms with Crippen LogP contribution in [-0.4, -0.2) is 81.2 Å². The number of carbonyl (C=O) groups is 6. The number of carbonyl (C=O) groups excluding carboxylic acids is 4. The van der Waals surface area contributed by atoms with E-state index in [-0.39, 0.29) is 12.3 Å². The second kappa shape index (κ2) is 13.2. The van der Waals surface area contributed by atoms with Crippen LogP contribution in [0.1, 0.15) is 40.0 Å². The predicted molar refractivity (Wildman–Crippen MR) is 109 cm³/mol. The Balaban J connectivity index is 5.46. The molecule has 0 aromatic heterocycles. The Labute approximate surface area is 184 Å². The molecule has 32 heavy (non-hydrogen) atoms. The summed E-state index contributed by atoms with van der Waals surface area (Å²) < 4.78 is 0. The van der Waals surface area contributed by atoms with Crippen molar-refractivity contribution in [2.75, 3.05) is 0 Å². The first-order valence-electron chi connectivity index (χ1n) is 9.73. The molecule has 5 atom stereocenters. The highest BCUT2D eigenvalue weighted by Gasteiger charge is 2.33. The molecule has 14 nitrogen and oxygen atoms in total. The van der Waals surface area contributed by atoms with Crippen LogP contribution in [0, 0.1) is 5.92 Å². The van der Waals surface area contributed by atoms with E-state index in [2.05, 4.69) is 16.0 Å². The highest BCUT2D eigenvalue weighted by Crippen LogP contribution is 2.08. The van der Waals surface area contributed by atoms with Gasteiger partial charge in [0.2, 0.25) is 23.6 Å². The lowest BCUT2D eigenvalue weighted by Crippen LogP contribution is -2.60. The maximum Gasteiger partial charge on any atom is 0.326 e. The van der Waals surface area contributed by atoms with Gasteiger partial charge < -0.3 is 42.7 Å². The van der Waals surface area contributed by atoms with Crippen LogP contribution in [0.2, 0.25) is 0 Å². The van der Waals surface area contributed by atoms with Gasteiger partial charge in [-0.1, -0.05) is 13.8 Å². The maximum atomic E-state index is 12.7. The van der Waals surface area contributed by atoms with Crippen LogP contribution in [0.15, 0.2) is 0 Å². The Bertz CT molecular complexity index is 726. The lowest BCUT2D eigenvalue weighted by atomic mass is 10.0. The molecule has 0 saturated heterocycles. The molecule has 5 unspecified atom stereocenters. The SMILES string of the molecule is CC(C)CC(NC(=O)C(NC(=O)C(N)CC(N)=O)C(C)O)C(=O)NC(CC(=O)O)C(=O)O. The number of rotatable bonds is 14. The van der Waals surface area contributed by atoms with Gasteiger partial charge in [0.1, 0.15) is 18.1 Å². The third-order valence-corrected chi connectivity index (χ3v) is 4.15. The smallest absolute Gasteiger partial charge is 0.326 e. The van der Waals surface area contributed by atoms with E-state index in [9.17, 15) is 33.9 Å². The summed E-state index contributed by atoms with van der Waals surface area (Å²) in [4.78, 5) is 70.2. The molecule has 0 aromatic carbocycles. The fourth-order valence-electron chi connectivity index (χ4n) is 2.59. The van der Waals surface area contributed by atoms with Gasteiger partial charge in [0.15, 0.2) is 0 Å². The van der Waals surface area contributed by atoms with Crippen molar-refractivity contribution in [3.63, 3.8) is 0 Å². The molecule has 0 rings (SSSR count). The minimum atomic E-state index is -1.73. The lowest BCUT2D eigenvalue weighted by molar-refractivity contribution is -0.147. The van der Waals surface area contributed by atoms with Crippen LogP contribution in [0.5, 0.6) is 0 Å². The molecule has 0 aliphatic rings. The monoisotopic (exact) mass is 461 g/mol. The topological polar surface area (TPSA) is 251 Å². The average Bonchev–Trinajstić information content (AvgIpc) is 2.62. The van der Waals surface area contributed by atoms with Crippen molar-refractivity contribution in [1.29, 1.82) is 0 Å². The average molecular weight is 461 g/mol. The van der Waals surface area contributed by atoms with E-state index in [1.54, 1.807) is 13.8 Å². The number of aliphatic carboxylic acids is 2. The maximum absolute atomic E-state index is 12.7. The summed E-state index contributed by atoms with van der Waals surface area (Å²) in [7, 11) is 0. The molecule has 0 fully saturated rings. The molecule has 0 saturated carbocycles. The van der Waals surface area contributed by atoms with Crippen LogP contribution in [-0.2, 0) is 28.8 Å². The minimum Gasteiger partial charge on any atom is -0.481 e. The molecule has 4 amide bonds. The Kier molecular flexibility index (Phi) is 11.9. The van der Waals surface area contributed by atoms with E-state index in [1.165, 1.54) is 6.92 Å². The number of hydrogen-bond acceptors (Lipinski definition) is 8. The molecule has 0 aromatic rings. The molecule has 0 radical (unpaired) electrons. The van der Waals surface area contributed by atoms with Crippen LogP contribution in [0.25, 0.3) is 0 Å². The first kappa shape index (κ1) is 28.7. The fraction of sp³-hybridized carbons (Fsp3) is 0.667. The first-order valence-corrected chi connectivity index (χ1v) is 9.73. The summed E-state index contributed by atoms with van der Waals surface area (Å²) >= 11 is 0. The number of nitrogens with one attached hydrogen (secondary N) is 3. The van der Waals surface area contributed by atoms with Crippen LogP contribution >= 0.6 is 0 Å². The molecule has 0 aliphatic heterocycles. The number of carboxylic acid groups (broad SMARTS) is 2. The van der Waals surface area contributed by atoms with Gasteiger partial charge in [-0.15, -0.1) is 0 Å². The summed E-state index contributed by atoms with van der Waals surface area (Å²) in [5.41, 5.74) is 10.5. The second-order valence-corrected chi connectivity index (χ2v) is 7.69. The Morgan fingerprint density at radius 2 is 1.34 bits per heavy atom. The largest absolute Gasteiger partial charge is 0.481 e. The zero-order valence-electron chi connectivity index (χ0n) is 18.0. The van der Waals surface area contributed by atoms with Crippen molar-refractivity contribution >= 4 is 35.6 Å².